The summed E-state index contributed by atoms with van der Waals surface area (Å²) in [7, 11) is 0. The SMILES string of the molecule is Cc1ccc(-c2cc(-c3ccccc3)c3c(N)c(C(=O)Nc4ccc(Cl)c(Cl)c4)sc3n2)cc1. The molecular weight excluding hydrogens is 485 g/mol. The first-order valence-corrected chi connectivity index (χ1v) is 12.1. The second-order valence-corrected chi connectivity index (χ2v) is 9.71. The number of nitrogens with two attached hydrogens (primary N) is 1. The van der Waals surface area contributed by atoms with Crippen molar-refractivity contribution < 1.29 is 4.79 Å². The van der Waals surface area contributed by atoms with Crippen molar-refractivity contribution in [2.75, 3.05) is 11.1 Å². The summed E-state index contributed by atoms with van der Waals surface area (Å²) in [6.45, 7) is 2.05. The maximum atomic E-state index is 13.2. The number of nitrogens with zero attached hydrogens (tertiary/aromatic N) is 1. The number of fused-ring (bicyclic) bond motifs is 1. The number of aromatic nitrogens is 1. The molecule has 2 heterocycles. The van der Waals surface area contributed by atoms with E-state index in [1.807, 2.05) is 48.5 Å². The third-order valence-corrected chi connectivity index (χ3v) is 7.35. The summed E-state index contributed by atoms with van der Waals surface area (Å²) in [6, 6.07) is 25.2. The minimum absolute atomic E-state index is 0.324. The Morgan fingerprint density at radius 3 is 2.35 bits per heavy atom. The molecule has 0 aliphatic heterocycles. The van der Waals surface area contributed by atoms with E-state index in [2.05, 4.69) is 24.4 Å². The molecule has 0 bridgehead atoms. The van der Waals surface area contributed by atoms with Crippen LogP contribution in [0.1, 0.15) is 15.2 Å². The van der Waals surface area contributed by atoms with E-state index < -0.39 is 0 Å². The lowest BCUT2D eigenvalue weighted by Crippen LogP contribution is -2.11. The molecule has 168 valence electrons. The Morgan fingerprint density at radius 2 is 1.65 bits per heavy atom. The summed E-state index contributed by atoms with van der Waals surface area (Å²) in [5, 5.41) is 4.41. The van der Waals surface area contributed by atoms with Gasteiger partial charge in [0.1, 0.15) is 9.71 Å². The molecule has 0 saturated heterocycles. The number of anilines is 2. The maximum absolute atomic E-state index is 13.2. The average Bonchev–Trinajstić information content (AvgIpc) is 3.18. The van der Waals surface area contributed by atoms with Gasteiger partial charge in [-0.25, -0.2) is 4.98 Å². The van der Waals surface area contributed by atoms with E-state index in [9.17, 15) is 4.79 Å². The van der Waals surface area contributed by atoms with Gasteiger partial charge >= 0.3 is 0 Å². The van der Waals surface area contributed by atoms with E-state index in [1.165, 1.54) is 16.9 Å². The number of halogens is 2. The van der Waals surface area contributed by atoms with Crippen LogP contribution in [0.4, 0.5) is 11.4 Å². The van der Waals surface area contributed by atoms with E-state index in [0.717, 1.165) is 27.8 Å². The molecule has 0 atom stereocenters. The number of thiophene rings is 1. The van der Waals surface area contributed by atoms with Crippen molar-refractivity contribution in [1.82, 2.24) is 4.98 Å². The molecule has 0 unspecified atom stereocenters. The van der Waals surface area contributed by atoms with E-state index in [4.69, 9.17) is 33.9 Å². The number of rotatable bonds is 4. The molecule has 1 amide bonds. The molecule has 5 aromatic rings. The lowest BCUT2D eigenvalue weighted by atomic mass is 9.99. The number of aryl methyl sites for hydroxylation is 1. The maximum Gasteiger partial charge on any atom is 0.267 e. The van der Waals surface area contributed by atoms with Crippen molar-refractivity contribution in [3.8, 4) is 22.4 Å². The van der Waals surface area contributed by atoms with Crippen LogP contribution in [0, 0.1) is 6.92 Å². The van der Waals surface area contributed by atoms with Gasteiger partial charge in [0.25, 0.3) is 5.91 Å². The van der Waals surface area contributed by atoms with Crippen molar-refractivity contribution in [1.29, 1.82) is 0 Å². The van der Waals surface area contributed by atoms with E-state index >= 15 is 0 Å². The topological polar surface area (TPSA) is 68.0 Å². The Morgan fingerprint density at radius 1 is 0.912 bits per heavy atom. The minimum Gasteiger partial charge on any atom is -0.397 e. The predicted molar refractivity (Wildman–Crippen MR) is 144 cm³/mol. The van der Waals surface area contributed by atoms with Crippen molar-refractivity contribution in [3.05, 3.63) is 99.3 Å². The van der Waals surface area contributed by atoms with Crippen molar-refractivity contribution in [3.63, 3.8) is 0 Å². The number of benzene rings is 3. The number of pyridine rings is 1. The second kappa shape index (κ2) is 9.11. The Kier molecular flexibility index (Phi) is 6.00. The molecule has 2 aromatic heterocycles. The Labute approximate surface area is 211 Å². The molecule has 0 saturated carbocycles. The number of carbonyl (C=O) groups is 1. The van der Waals surface area contributed by atoms with E-state index in [1.54, 1.807) is 18.2 Å². The van der Waals surface area contributed by atoms with Crippen LogP contribution in [0.5, 0.6) is 0 Å². The van der Waals surface area contributed by atoms with Gasteiger partial charge in [0.15, 0.2) is 0 Å². The quantitative estimate of drug-likeness (QED) is 0.260. The van der Waals surface area contributed by atoms with Crippen LogP contribution in [0.15, 0.2) is 78.9 Å². The van der Waals surface area contributed by atoms with Gasteiger partial charge < -0.3 is 11.1 Å². The predicted octanol–water partition coefficient (Wildman–Crippen LogP) is 8.08. The summed E-state index contributed by atoms with van der Waals surface area (Å²) >= 11 is 13.4. The molecule has 0 fully saturated rings. The summed E-state index contributed by atoms with van der Waals surface area (Å²) in [5.41, 5.74) is 12.4. The van der Waals surface area contributed by atoms with Gasteiger partial charge in [0.2, 0.25) is 0 Å². The first-order valence-electron chi connectivity index (χ1n) is 10.5. The zero-order valence-electron chi connectivity index (χ0n) is 18.1. The highest BCUT2D eigenvalue weighted by Gasteiger charge is 2.22. The normalized spacial score (nSPS) is 11.0. The fraction of sp³-hybridized carbons (Fsp3) is 0.0370. The lowest BCUT2D eigenvalue weighted by molar-refractivity contribution is 0.103. The highest BCUT2D eigenvalue weighted by atomic mass is 35.5. The molecule has 0 spiro atoms. The molecule has 3 N–H and O–H groups in total. The van der Waals surface area contributed by atoms with Gasteiger partial charge in [-0.2, -0.15) is 0 Å². The molecular formula is C27H19Cl2N3OS. The van der Waals surface area contributed by atoms with Gasteiger partial charge in [-0.1, -0.05) is 83.4 Å². The van der Waals surface area contributed by atoms with E-state index in [-0.39, 0.29) is 5.91 Å². The van der Waals surface area contributed by atoms with Crippen LogP contribution >= 0.6 is 34.5 Å². The molecule has 4 nitrogen and oxygen atoms in total. The molecule has 34 heavy (non-hydrogen) atoms. The fourth-order valence-electron chi connectivity index (χ4n) is 3.77. The average molecular weight is 504 g/mol. The Hall–Kier alpha value is -3.38. The molecule has 0 radical (unpaired) electrons. The largest absolute Gasteiger partial charge is 0.397 e. The van der Waals surface area contributed by atoms with Gasteiger partial charge in [0, 0.05) is 16.6 Å². The van der Waals surface area contributed by atoms with Crippen molar-refractivity contribution in [2.24, 2.45) is 0 Å². The zero-order chi connectivity index (χ0) is 23.8. The van der Waals surface area contributed by atoms with Crippen molar-refractivity contribution in [2.45, 2.75) is 6.92 Å². The molecule has 0 aliphatic carbocycles. The number of nitrogen functional groups attached to an aromatic ring is 1. The summed E-state index contributed by atoms with van der Waals surface area (Å²) in [4.78, 5) is 19.1. The van der Waals surface area contributed by atoms with Crippen LogP contribution < -0.4 is 11.1 Å². The highest BCUT2D eigenvalue weighted by Crippen LogP contribution is 2.41. The highest BCUT2D eigenvalue weighted by molar-refractivity contribution is 7.21. The van der Waals surface area contributed by atoms with Gasteiger partial charge in [-0.3, -0.25) is 4.79 Å². The van der Waals surface area contributed by atoms with E-state index in [0.29, 0.717) is 31.1 Å². The van der Waals surface area contributed by atoms with Gasteiger partial charge in [0.05, 0.1) is 21.4 Å². The summed E-state index contributed by atoms with van der Waals surface area (Å²) in [6.07, 6.45) is 0. The van der Waals surface area contributed by atoms with Gasteiger partial charge in [-0.05, 0) is 42.3 Å². The molecule has 5 rings (SSSR count). The third kappa shape index (κ3) is 4.26. The Balaban J connectivity index is 1.65. The standard InChI is InChI=1S/C27H19Cl2N3OS/c1-15-7-9-17(10-8-15)22-14-19(16-5-3-2-4-6-16)23-24(30)25(34-27(23)32-22)26(33)31-18-11-12-20(28)21(29)13-18/h2-14H,30H2,1H3,(H,31,33). The van der Waals surface area contributed by atoms with Gasteiger partial charge in [-0.15, -0.1) is 11.3 Å². The molecule has 0 aliphatic rings. The Bertz CT molecular complexity index is 1530. The van der Waals surface area contributed by atoms with Crippen LogP contribution in [0.2, 0.25) is 10.0 Å². The van der Waals surface area contributed by atoms with Crippen LogP contribution in [0.25, 0.3) is 32.6 Å². The fourth-order valence-corrected chi connectivity index (χ4v) is 5.08. The zero-order valence-corrected chi connectivity index (χ0v) is 20.4. The monoisotopic (exact) mass is 503 g/mol. The number of nitrogens with one attached hydrogen (secondary N) is 1. The third-order valence-electron chi connectivity index (χ3n) is 5.51. The molecule has 7 heteroatoms. The van der Waals surface area contributed by atoms with Crippen LogP contribution in [0.3, 0.4) is 0 Å². The second-order valence-electron chi connectivity index (χ2n) is 7.90. The minimum atomic E-state index is -0.324. The van der Waals surface area contributed by atoms with Crippen LogP contribution in [-0.4, -0.2) is 10.9 Å². The van der Waals surface area contributed by atoms with Crippen LogP contribution in [-0.2, 0) is 0 Å². The first-order chi connectivity index (χ1) is 16.4. The molecule has 3 aromatic carbocycles. The summed E-state index contributed by atoms with van der Waals surface area (Å²) in [5.74, 6) is -0.324. The summed E-state index contributed by atoms with van der Waals surface area (Å²) < 4.78 is 0. The smallest absolute Gasteiger partial charge is 0.267 e. The first kappa shape index (κ1) is 22.4. The lowest BCUT2D eigenvalue weighted by Gasteiger charge is -2.09. The number of hydrogen-bond donors (Lipinski definition) is 2. The number of hydrogen-bond acceptors (Lipinski definition) is 4. The van der Waals surface area contributed by atoms with Crippen molar-refractivity contribution >= 4 is 62.0 Å². The number of carbonyl (C=O) groups excluding carboxylic acids is 1. The number of amides is 1.